The Balaban J connectivity index is 1.53. The number of para-hydroxylation sites is 1. The van der Waals surface area contributed by atoms with Gasteiger partial charge in [-0.25, -0.2) is 4.98 Å². The number of imidazole rings is 1. The summed E-state index contributed by atoms with van der Waals surface area (Å²) in [6.07, 6.45) is 7.11. The molecule has 6 aromatic rings. The monoisotopic (exact) mass is 391 g/mol. The molecule has 0 spiro atoms. The second-order valence-electron chi connectivity index (χ2n) is 7.32. The van der Waals surface area contributed by atoms with Crippen LogP contribution in [0.25, 0.3) is 55.7 Å². The summed E-state index contributed by atoms with van der Waals surface area (Å²) in [5, 5.41) is 8.70. The first-order valence-electron chi connectivity index (χ1n) is 9.69. The summed E-state index contributed by atoms with van der Waals surface area (Å²) in [6.45, 7) is 2.09. The van der Waals surface area contributed by atoms with Gasteiger partial charge >= 0.3 is 0 Å². The third-order valence-corrected chi connectivity index (χ3v) is 5.48. The number of furan rings is 1. The van der Waals surface area contributed by atoms with Gasteiger partial charge in [-0.15, -0.1) is 0 Å². The lowest BCUT2D eigenvalue weighted by molar-refractivity contribution is 0.568. The van der Waals surface area contributed by atoms with Crippen molar-refractivity contribution in [3.05, 3.63) is 79.0 Å². The summed E-state index contributed by atoms with van der Waals surface area (Å²) in [6, 6.07) is 16.3. The molecule has 0 amide bonds. The van der Waals surface area contributed by atoms with Crippen LogP contribution in [0.15, 0.2) is 77.9 Å². The standard InChI is InChI=1S/C24H17N5O/c1-14-7-9-25-12-19(14)15-5-6-20-18(11-15)23(29-28-20)24-26-21-4-2-3-17(22(21)27-24)16-8-10-30-13-16/h2-13H,1H3,(H,26,27)(H,28,29). The molecule has 4 aromatic heterocycles. The van der Waals surface area contributed by atoms with Gasteiger partial charge in [0.25, 0.3) is 0 Å². The van der Waals surface area contributed by atoms with Crippen LogP contribution in [0.5, 0.6) is 0 Å². The van der Waals surface area contributed by atoms with Crippen molar-refractivity contribution in [3.8, 4) is 33.8 Å². The Kier molecular flexibility index (Phi) is 3.58. The number of benzene rings is 2. The molecule has 6 rings (SSSR count). The van der Waals surface area contributed by atoms with Crippen LogP contribution in [0.2, 0.25) is 0 Å². The van der Waals surface area contributed by atoms with Gasteiger partial charge in [-0.05, 0) is 48.4 Å². The number of nitrogens with zero attached hydrogens (tertiary/aromatic N) is 3. The summed E-state index contributed by atoms with van der Waals surface area (Å²) >= 11 is 0. The zero-order valence-corrected chi connectivity index (χ0v) is 16.2. The Bertz CT molecular complexity index is 1510. The summed E-state index contributed by atoms with van der Waals surface area (Å²) in [7, 11) is 0. The molecule has 144 valence electrons. The highest BCUT2D eigenvalue weighted by Crippen LogP contribution is 2.33. The van der Waals surface area contributed by atoms with Gasteiger partial charge < -0.3 is 9.40 Å². The maximum Gasteiger partial charge on any atom is 0.159 e. The van der Waals surface area contributed by atoms with E-state index in [1.807, 2.05) is 48.8 Å². The van der Waals surface area contributed by atoms with Crippen molar-refractivity contribution in [2.45, 2.75) is 6.92 Å². The van der Waals surface area contributed by atoms with E-state index in [1.54, 1.807) is 12.5 Å². The van der Waals surface area contributed by atoms with Crippen LogP contribution in [0.4, 0.5) is 0 Å². The molecular weight excluding hydrogens is 374 g/mol. The van der Waals surface area contributed by atoms with Gasteiger partial charge in [0.05, 0.1) is 29.1 Å². The highest BCUT2D eigenvalue weighted by atomic mass is 16.3. The van der Waals surface area contributed by atoms with E-state index < -0.39 is 0 Å². The third-order valence-electron chi connectivity index (χ3n) is 5.48. The lowest BCUT2D eigenvalue weighted by Crippen LogP contribution is -1.85. The van der Waals surface area contributed by atoms with Crippen molar-refractivity contribution in [3.63, 3.8) is 0 Å². The van der Waals surface area contributed by atoms with Crippen molar-refractivity contribution in [2.24, 2.45) is 0 Å². The molecule has 0 aliphatic rings. The smallest absolute Gasteiger partial charge is 0.159 e. The average Bonchev–Trinajstić information content (AvgIpc) is 3.51. The fourth-order valence-corrected chi connectivity index (χ4v) is 3.92. The van der Waals surface area contributed by atoms with Gasteiger partial charge in [-0.3, -0.25) is 10.1 Å². The van der Waals surface area contributed by atoms with Gasteiger partial charge in [0.1, 0.15) is 5.69 Å². The molecule has 0 aliphatic carbocycles. The maximum atomic E-state index is 5.26. The zero-order valence-electron chi connectivity index (χ0n) is 16.2. The summed E-state index contributed by atoms with van der Waals surface area (Å²) in [4.78, 5) is 12.6. The van der Waals surface area contributed by atoms with Crippen molar-refractivity contribution in [2.75, 3.05) is 0 Å². The topological polar surface area (TPSA) is 83.4 Å². The lowest BCUT2D eigenvalue weighted by Gasteiger charge is -2.05. The number of rotatable bonds is 3. The van der Waals surface area contributed by atoms with E-state index in [0.717, 1.165) is 55.7 Å². The minimum atomic E-state index is 0.729. The molecule has 0 aliphatic heterocycles. The Labute approximate surface area is 171 Å². The minimum absolute atomic E-state index is 0.729. The van der Waals surface area contributed by atoms with Crippen LogP contribution in [-0.4, -0.2) is 25.1 Å². The summed E-state index contributed by atoms with van der Waals surface area (Å²) < 4.78 is 5.26. The Morgan fingerprint density at radius 1 is 0.933 bits per heavy atom. The van der Waals surface area contributed by atoms with Crippen LogP contribution >= 0.6 is 0 Å². The van der Waals surface area contributed by atoms with E-state index >= 15 is 0 Å². The molecular formula is C24H17N5O. The predicted octanol–water partition coefficient (Wildman–Crippen LogP) is 5.74. The molecule has 2 N–H and O–H groups in total. The molecule has 0 saturated heterocycles. The van der Waals surface area contributed by atoms with Crippen LogP contribution in [0.1, 0.15) is 5.56 Å². The molecule has 0 radical (unpaired) electrons. The van der Waals surface area contributed by atoms with Gasteiger partial charge in [0, 0.05) is 34.5 Å². The molecule has 0 saturated carbocycles. The van der Waals surface area contributed by atoms with Crippen LogP contribution in [0.3, 0.4) is 0 Å². The van der Waals surface area contributed by atoms with Crippen molar-refractivity contribution in [1.29, 1.82) is 0 Å². The molecule has 0 atom stereocenters. The number of H-pyrrole nitrogens is 2. The molecule has 4 heterocycles. The van der Waals surface area contributed by atoms with Crippen molar-refractivity contribution >= 4 is 21.9 Å². The van der Waals surface area contributed by atoms with Crippen LogP contribution in [-0.2, 0) is 0 Å². The first-order valence-corrected chi connectivity index (χ1v) is 9.69. The maximum absolute atomic E-state index is 5.26. The molecule has 0 fully saturated rings. The number of aryl methyl sites for hydroxylation is 1. The fraction of sp³-hybridized carbons (Fsp3) is 0.0417. The molecule has 2 aromatic carbocycles. The van der Waals surface area contributed by atoms with Gasteiger partial charge in [0.2, 0.25) is 0 Å². The normalized spacial score (nSPS) is 11.5. The van der Waals surface area contributed by atoms with Crippen LogP contribution < -0.4 is 0 Å². The third kappa shape index (κ3) is 2.54. The highest BCUT2D eigenvalue weighted by Gasteiger charge is 2.16. The minimum Gasteiger partial charge on any atom is -0.472 e. The summed E-state index contributed by atoms with van der Waals surface area (Å²) in [5.74, 6) is 0.729. The van der Waals surface area contributed by atoms with Gasteiger partial charge in [0.15, 0.2) is 5.82 Å². The molecule has 6 nitrogen and oxygen atoms in total. The Morgan fingerprint density at radius 3 is 2.77 bits per heavy atom. The zero-order chi connectivity index (χ0) is 20.1. The molecule has 30 heavy (non-hydrogen) atoms. The van der Waals surface area contributed by atoms with E-state index in [1.165, 1.54) is 5.56 Å². The second kappa shape index (κ2) is 6.42. The van der Waals surface area contributed by atoms with E-state index in [-0.39, 0.29) is 0 Å². The molecule has 0 bridgehead atoms. The van der Waals surface area contributed by atoms with E-state index in [2.05, 4.69) is 39.2 Å². The number of aromatic amines is 2. The molecule has 0 unspecified atom stereocenters. The van der Waals surface area contributed by atoms with Crippen molar-refractivity contribution in [1.82, 2.24) is 25.1 Å². The Morgan fingerprint density at radius 2 is 1.90 bits per heavy atom. The largest absolute Gasteiger partial charge is 0.472 e. The first-order chi connectivity index (χ1) is 14.8. The summed E-state index contributed by atoms with van der Waals surface area (Å²) in [5.41, 5.74) is 9.03. The number of pyridine rings is 1. The van der Waals surface area contributed by atoms with Crippen molar-refractivity contribution < 1.29 is 4.42 Å². The van der Waals surface area contributed by atoms with Gasteiger partial charge in [-0.2, -0.15) is 5.10 Å². The van der Waals surface area contributed by atoms with Crippen LogP contribution in [0, 0.1) is 6.92 Å². The SMILES string of the molecule is Cc1ccncc1-c1ccc2[nH]nc(-c3nc4c(-c5ccoc5)cccc4[nH]3)c2c1. The lowest BCUT2D eigenvalue weighted by atomic mass is 10.0. The van der Waals surface area contributed by atoms with E-state index in [4.69, 9.17) is 9.40 Å². The number of hydrogen-bond donors (Lipinski definition) is 2. The highest BCUT2D eigenvalue weighted by molar-refractivity contribution is 5.98. The number of nitrogens with one attached hydrogen (secondary N) is 2. The van der Waals surface area contributed by atoms with Gasteiger partial charge in [-0.1, -0.05) is 18.2 Å². The molecule has 6 heteroatoms. The quantitative estimate of drug-likeness (QED) is 0.403. The first kappa shape index (κ1) is 16.7. The fourth-order valence-electron chi connectivity index (χ4n) is 3.92. The average molecular weight is 391 g/mol. The predicted molar refractivity (Wildman–Crippen MR) is 117 cm³/mol. The number of fused-ring (bicyclic) bond motifs is 2. The van der Waals surface area contributed by atoms with E-state index in [9.17, 15) is 0 Å². The number of hydrogen-bond acceptors (Lipinski definition) is 4. The second-order valence-corrected chi connectivity index (χ2v) is 7.32. The number of aromatic nitrogens is 5. The Hall–Kier alpha value is -4.19. The van der Waals surface area contributed by atoms with E-state index in [0.29, 0.717) is 0 Å².